The molecule has 0 saturated carbocycles. The van der Waals surface area contributed by atoms with Crippen LogP contribution in [0.5, 0.6) is 0 Å². The average Bonchev–Trinajstić information content (AvgIpc) is 3.21. The molecule has 0 spiro atoms. The zero-order valence-corrected chi connectivity index (χ0v) is 15.8. The topological polar surface area (TPSA) is 69.8 Å². The van der Waals surface area contributed by atoms with Gasteiger partial charge in [0.2, 0.25) is 0 Å². The molecular formula is C18H14ClN3OS2. The van der Waals surface area contributed by atoms with Crippen molar-refractivity contribution in [3.05, 3.63) is 62.2 Å². The molecule has 0 fully saturated rings. The second-order valence-electron chi connectivity index (χ2n) is 5.31. The molecule has 0 amide bonds. The molecule has 3 aromatic rings. The number of thiazole rings is 2. The summed E-state index contributed by atoms with van der Waals surface area (Å²) in [5.74, 6) is 0.0383. The van der Waals surface area contributed by atoms with Crippen LogP contribution in [0.25, 0.3) is 16.1 Å². The monoisotopic (exact) mass is 387 g/mol. The third kappa shape index (κ3) is 4.07. The van der Waals surface area contributed by atoms with Crippen LogP contribution in [0.1, 0.15) is 22.7 Å². The van der Waals surface area contributed by atoms with Gasteiger partial charge in [0, 0.05) is 22.2 Å². The molecular weight excluding hydrogens is 374 g/mol. The summed E-state index contributed by atoms with van der Waals surface area (Å²) in [5.41, 5.74) is 2.57. The fourth-order valence-electron chi connectivity index (χ4n) is 2.35. The van der Waals surface area contributed by atoms with E-state index in [1.54, 1.807) is 5.38 Å². The Morgan fingerprint density at radius 2 is 2.04 bits per heavy atom. The van der Waals surface area contributed by atoms with Crippen molar-refractivity contribution in [1.82, 2.24) is 9.97 Å². The third-order valence-electron chi connectivity index (χ3n) is 3.64. The van der Waals surface area contributed by atoms with Gasteiger partial charge in [-0.15, -0.1) is 22.7 Å². The summed E-state index contributed by atoms with van der Waals surface area (Å²) >= 11 is 8.75. The molecule has 3 rings (SSSR count). The third-order valence-corrected chi connectivity index (χ3v) is 5.85. The Kier molecular flexibility index (Phi) is 5.49. The van der Waals surface area contributed by atoms with Crippen LogP contribution in [0.15, 0.2) is 41.5 Å². The normalized spacial score (nSPS) is 11.9. The van der Waals surface area contributed by atoms with Crippen LogP contribution >= 0.6 is 34.3 Å². The molecule has 1 N–H and O–H groups in total. The SMILES string of the molecule is Cc1nc(Cl)sc1CC/C(O)=C(\C#N)c1csc(-c2ccccc2)n1. The highest BCUT2D eigenvalue weighted by molar-refractivity contribution is 7.15. The summed E-state index contributed by atoms with van der Waals surface area (Å²) in [5, 5.41) is 22.4. The van der Waals surface area contributed by atoms with E-state index >= 15 is 0 Å². The number of allylic oxidation sites excluding steroid dienone is 2. The molecule has 0 saturated heterocycles. The molecule has 0 aliphatic heterocycles. The molecule has 0 aliphatic carbocycles. The van der Waals surface area contributed by atoms with Gasteiger partial charge in [0.05, 0.1) is 11.4 Å². The molecule has 2 heterocycles. The van der Waals surface area contributed by atoms with E-state index in [1.165, 1.54) is 22.7 Å². The molecule has 0 atom stereocenters. The summed E-state index contributed by atoms with van der Waals surface area (Å²) in [6.07, 6.45) is 0.934. The van der Waals surface area contributed by atoms with Crippen molar-refractivity contribution >= 4 is 39.8 Å². The Morgan fingerprint density at radius 3 is 2.68 bits per heavy atom. The van der Waals surface area contributed by atoms with Gasteiger partial charge in [-0.1, -0.05) is 41.9 Å². The van der Waals surface area contributed by atoms with E-state index in [1.807, 2.05) is 37.3 Å². The fourth-order valence-corrected chi connectivity index (χ4v) is 4.36. The summed E-state index contributed by atoms with van der Waals surface area (Å²) in [6, 6.07) is 11.8. The van der Waals surface area contributed by atoms with Gasteiger partial charge < -0.3 is 5.11 Å². The maximum Gasteiger partial charge on any atom is 0.184 e. The largest absolute Gasteiger partial charge is 0.511 e. The molecule has 2 aromatic heterocycles. The molecule has 126 valence electrons. The van der Waals surface area contributed by atoms with E-state index in [0.717, 1.165) is 21.1 Å². The number of nitriles is 1. The lowest BCUT2D eigenvalue weighted by Gasteiger charge is -2.02. The first-order chi connectivity index (χ1) is 12.1. The summed E-state index contributed by atoms with van der Waals surface area (Å²) < 4.78 is 0.489. The van der Waals surface area contributed by atoms with Crippen LogP contribution < -0.4 is 0 Å². The molecule has 0 bridgehead atoms. The quantitative estimate of drug-likeness (QED) is 0.453. The van der Waals surface area contributed by atoms with Crippen LogP contribution in [-0.2, 0) is 6.42 Å². The first-order valence-electron chi connectivity index (χ1n) is 7.54. The Hall–Kier alpha value is -2.20. The van der Waals surface area contributed by atoms with Crippen LogP contribution in [0.2, 0.25) is 4.47 Å². The van der Waals surface area contributed by atoms with Crippen molar-refractivity contribution in [2.75, 3.05) is 0 Å². The van der Waals surface area contributed by atoms with Crippen LogP contribution in [0, 0.1) is 18.3 Å². The molecule has 0 unspecified atom stereocenters. The number of hydrogen-bond donors (Lipinski definition) is 1. The second kappa shape index (κ2) is 7.79. The number of aliphatic hydroxyl groups is 1. The highest BCUT2D eigenvalue weighted by Crippen LogP contribution is 2.29. The van der Waals surface area contributed by atoms with Crippen molar-refractivity contribution in [1.29, 1.82) is 5.26 Å². The van der Waals surface area contributed by atoms with Gasteiger partial charge in [-0.2, -0.15) is 5.26 Å². The number of aryl methyl sites for hydroxylation is 2. The second-order valence-corrected chi connectivity index (χ2v) is 7.84. The molecule has 25 heavy (non-hydrogen) atoms. The minimum Gasteiger partial charge on any atom is -0.511 e. The minimum atomic E-state index is 0.0383. The zero-order chi connectivity index (χ0) is 17.8. The van der Waals surface area contributed by atoms with Gasteiger partial charge in [-0.05, 0) is 13.3 Å². The Balaban J connectivity index is 1.81. The van der Waals surface area contributed by atoms with Gasteiger partial charge in [0.15, 0.2) is 4.47 Å². The fraction of sp³-hybridized carbons (Fsp3) is 0.167. The summed E-state index contributed by atoms with van der Waals surface area (Å²) in [4.78, 5) is 9.67. The van der Waals surface area contributed by atoms with Crippen molar-refractivity contribution in [3.63, 3.8) is 0 Å². The lowest BCUT2D eigenvalue weighted by molar-refractivity contribution is 0.392. The van der Waals surface area contributed by atoms with Gasteiger partial charge >= 0.3 is 0 Å². The first kappa shape index (κ1) is 17.6. The van der Waals surface area contributed by atoms with Gasteiger partial charge in [-0.3, -0.25) is 0 Å². The van der Waals surface area contributed by atoms with Crippen LogP contribution in [-0.4, -0.2) is 15.1 Å². The number of hydrogen-bond acceptors (Lipinski definition) is 6. The highest BCUT2D eigenvalue weighted by atomic mass is 35.5. The average molecular weight is 388 g/mol. The molecule has 0 radical (unpaired) electrons. The number of aromatic nitrogens is 2. The van der Waals surface area contributed by atoms with Crippen molar-refractivity contribution in [2.24, 2.45) is 0 Å². The highest BCUT2D eigenvalue weighted by Gasteiger charge is 2.14. The molecule has 1 aromatic carbocycles. The number of halogens is 1. The summed E-state index contributed by atoms with van der Waals surface area (Å²) in [6.45, 7) is 1.89. The van der Waals surface area contributed by atoms with E-state index in [2.05, 4.69) is 16.0 Å². The minimum absolute atomic E-state index is 0.0383. The lowest BCUT2D eigenvalue weighted by atomic mass is 10.1. The predicted molar refractivity (Wildman–Crippen MR) is 103 cm³/mol. The van der Waals surface area contributed by atoms with Gasteiger partial charge in [0.25, 0.3) is 0 Å². The standard InChI is InChI=1S/C18H14ClN3OS2/c1-11-16(25-18(19)21-11)8-7-15(23)13(9-20)14-10-24-17(22-14)12-5-3-2-4-6-12/h2-6,10,23H,7-8H2,1H3/b15-13-. The zero-order valence-electron chi connectivity index (χ0n) is 13.4. The maximum atomic E-state index is 10.4. The first-order valence-corrected chi connectivity index (χ1v) is 9.61. The smallest absolute Gasteiger partial charge is 0.184 e. The lowest BCUT2D eigenvalue weighted by Crippen LogP contribution is -1.94. The van der Waals surface area contributed by atoms with E-state index in [4.69, 9.17) is 11.6 Å². The van der Waals surface area contributed by atoms with Crippen LogP contribution in [0.4, 0.5) is 0 Å². The molecule has 7 heteroatoms. The number of nitrogens with zero attached hydrogens (tertiary/aromatic N) is 3. The summed E-state index contributed by atoms with van der Waals surface area (Å²) in [7, 11) is 0. The molecule has 0 aliphatic rings. The number of rotatable bonds is 5. The van der Waals surface area contributed by atoms with Crippen molar-refractivity contribution in [3.8, 4) is 16.6 Å². The maximum absolute atomic E-state index is 10.4. The molecule has 4 nitrogen and oxygen atoms in total. The van der Waals surface area contributed by atoms with Gasteiger partial charge in [0.1, 0.15) is 22.4 Å². The number of benzene rings is 1. The Morgan fingerprint density at radius 1 is 1.28 bits per heavy atom. The van der Waals surface area contributed by atoms with Crippen molar-refractivity contribution in [2.45, 2.75) is 19.8 Å². The van der Waals surface area contributed by atoms with Crippen molar-refractivity contribution < 1.29 is 5.11 Å². The van der Waals surface area contributed by atoms with Crippen LogP contribution in [0.3, 0.4) is 0 Å². The predicted octanol–water partition coefficient (Wildman–Crippen LogP) is 5.65. The van der Waals surface area contributed by atoms with E-state index < -0.39 is 0 Å². The van der Waals surface area contributed by atoms with E-state index in [9.17, 15) is 10.4 Å². The Labute approximate surface area is 158 Å². The van der Waals surface area contributed by atoms with Gasteiger partial charge in [-0.25, -0.2) is 9.97 Å². The number of aliphatic hydroxyl groups excluding tert-OH is 1. The van der Waals surface area contributed by atoms with E-state index in [-0.39, 0.29) is 11.3 Å². The van der Waals surface area contributed by atoms with E-state index in [0.29, 0.717) is 23.0 Å². The Bertz CT molecular complexity index is 954.